The maximum atomic E-state index is 12.2. The van der Waals surface area contributed by atoms with E-state index in [1.807, 2.05) is 0 Å². The fourth-order valence-electron chi connectivity index (χ4n) is 8.64. The molecule has 0 bridgehead atoms. The van der Waals surface area contributed by atoms with Crippen LogP contribution in [-0.2, 0) is 9.53 Å². The van der Waals surface area contributed by atoms with E-state index >= 15 is 0 Å². The molecule has 3 fully saturated rings. The third-order valence-corrected chi connectivity index (χ3v) is 11.3. The average molecular weight is 483 g/mol. The first-order valence-corrected chi connectivity index (χ1v) is 14.4. The minimum absolute atomic E-state index is 0.0766. The van der Waals surface area contributed by atoms with Gasteiger partial charge in [0.2, 0.25) is 0 Å². The van der Waals surface area contributed by atoms with E-state index in [2.05, 4.69) is 66.3 Å². The highest BCUT2D eigenvalue weighted by molar-refractivity contribution is 5.88. The second-order valence-electron chi connectivity index (χ2n) is 13.4. The molecule has 0 aliphatic heterocycles. The van der Waals surface area contributed by atoms with Crippen LogP contribution in [0.3, 0.4) is 0 Å². The van der Waals surface area contributed by atoms with Crippen molar-refractivity contribution in [3.8, 4) is 0 Å². The summed E-state index contributed by atoms with van der Waals surface area (Å²) >= 11 is 0. The second kappa shape index (κ2) is 10.2. The lowest BCUT2D eigenvalue weighted by Gasteiger charge is -2.58. The molecule has 4 aliphatic rings. The van der Waals surface area contributed by atoms with Crippen molar-refractivity contribution in [2.45, 2.75) is 99.0 Å². The van der Waals surface area contributed by atoms with Gasteiger partial charge in [-0.25, -0.2) is 4.79 Å². The van der Waals surface area contributed by atoms with Crippen LogP contribution in [0.5, 0.6) is 0 Å². The molecule has 9 atom stereocenters. The topological polar surface area (TPSA) is 46.5 Å². The molecule has 0 amide bonds. The van der Waals surface area contributed by atoms with Crippen LogP contribution < -0.4 is 0 Å². The Labute approximate surface area is 214 Å². The van der Waals surface area contributed by atoms with Gasteiger partial charge in [0, 0.05) is 6.42 Å². The summed E-state index contributed by atoms with van der Waals surface area (Å²) in [4.78, 5) is 12.2. The van der Waals surface area contributed by atoms with Crippen molar-refractivity contribution in [3.63, 3.8) is 0 Å². The van der Waals surface area contributed by atoms with Gasteiger partial charge in [-0.2, -0.15) is 0 Å². The van der Waals surface area contributed by atoms with Gasteiger partial charge in [0.25, 0.3) is 0 Å². The van der Waals surface area contributed by atoms with Crippen LogP contribution in [0.15, 0.2) is 36.0 Å². The van der Waals surface area contributed by atoms with Crippen LogP contribution in [0.25, 0.3) is 0 Å². The largest absolute Gasteiger partial charge is 0.459 e. The van der Waals surface area contributed by atoms with Gasteiger partial charge < -0.3 is 9.84 Å². The monoisotopic (exact) mass is 482 g/mol. The Morgan fingerprint density at radius 1 is 1.11 bits per heavy atom. The molecule has 0 aromatic rings. The van der Waals surface area contributed by atoms with E-state index in [9.17, 15) is 9.90 Å². The maximum Gasteiger partial charge on any atom is 0.336 e. The number of aliphatic hydroxyl groups excluding tert-OH is 1. The van der Waals surface area contributed by atoms with Gasteiger partial charge in [-0.15, -0.1) is 0 Å². The highest BCUT2D eigenvalue weighted by atomic mass is 16.5. The SMILES string of the molecule is C=C(CO)C(=O)O[C@H]1CC[C@@]2(C)C(=CC[C@H]3[C@@H]4CC[C@H]([C@H](C)/C=C/[C@H](C)C(C)C)[C@@]4(C)CC[C@@H]32)C1. The number of hydrogen-bond acceptors (Lipinski definition) is 3. The van der Waals surface area contributed by atoms with E-state index < -0.39 is 5.97 Å². The quantitative estimate of drug-likeness (QED) is 0.232. The summed E-state index contributed by atoms with van der Waals surface area (Å²) in [6, 6.07) is 0. The zero-order valence-corrected chi connectivity index (χ0v) is 23.2. The minimum atomic E-state index is -0.438. The lowest BCUT2D eigenvalue weighted by Crippen LogP contribution is -2.51. The van der Waals surface area contributed by atoms with E-state index in [-0.39, 0.29) is 23.7 Å². The molecule has 3 heteroatoms. The van der Waals surface area contributed by atoms with Crippen LogP contribution >= 0.6 is 0 Å². The molecule has 4 rings (SSSR count). The number of carbonyl (C=O) groups is 1. The van der Waals surface area contributed by atoms with E-state index in [0.717, 1.165) is 42.9 Å². The number of fused-ring (bicyclic) bond motifs is 5. The smallest absolute Gasteiger partial charge is 0.336 e. The third-order valence-electron chi connectivity index (χ3n) is 11.3. The molecule has 35 heavy (non-hydrogen) atoms. The number of allylic oxidation sites excluding steroid dienone is 3. The Morgan fingerprint density at radius 2 is 1.86 bits per heavy atom. The van der Waals surface area contributed by atoms with Crippen LogP contribution in [0.1, 0.15) is 92.9 Å². The molecule has 0 unspecified atom stereocenters. The second-order valence-corrected chi connectivity index (χ2v) is 13.4. The third kappa shape index (κ3) is 4.83. The Balaban J connectivity index is 1.47. The predicted molar refractivity (Wildman–Crippen MR) is 144 cm³/mol. The van der Waals surface area contributed by atoms with Gasteiger partial charge in [-0.3, -0.25) is 0 Å². The summed E-state index contributed by atoms with van der Waals surface area (Å²) in [6.07, 6.45) is 17.0. The fraction of sp³-hybridized carbons (Fsp3) is 0.781. The maximum absolute atomic E-state index is 12.2. The van der Waals surface area contributed by atoms with Gasteiger partial charge in [-0.1, -0.05) is 71.9 Å². The first-order chi connectivity index (χ1) is 16.5. The predicted octanol–water partition coefficient (Wildman–Crippen LogP) is 7.51. The van der Waals surface area contributed by atoms with Gasteiger partial charge in [0.15, 0.2) is 0 Å². The summed E-state index contributed by atoms with van der Waals surface area (Å²) in [5.74, 6) is 4.77. The van der Waals surface area contributed by atoms with Gasteiger partial charge in [-0.05, 0) is 97.2 Å². The zero-order chi connectivity index (χ0) is 25.5. The van der Waals surface area contributed by atoms with Crippen molar-refractivity contribution in [1.82, 2.24) is 0 Å². The number of hydrogen-bond donors (Lipinski definition) is 1. The van der Waals surface area contributed by atoms with Crippen LogP contribution in [0.4, 0.5) is 0 Å². The summed E-state index contributed by atoms with van der Waals surface area (Å²) in [5.41, 5.74) is 2.39. The molecule has 1 N–H and O–H groups in total. The van der Waals surface area contributed by atoms with Crippen LogP contribution in [0.2, 0.25) is 0 Å². The molecule has 3 nitrogen and oxygen atoms in total. The summed E-state index contributed by atoms with van der Waals surface area (Å²) < 4.78 is 5.71. The molecule has 0 heterocycles. The number of esters is 1. The van der Waals surface area contributed by atoms with Crippen LogP contribution in [-0.4, -0.2) is 23.8 Å². The standard InChI is InChI=1S/C32H50O3/c1-20(2)21(3)8-9-22(4)27-12-13-28-26-11-10-24-18-25(35-30(34)23(5)19-33)14-16-31(24,6)29(26)15-17-32(27,28)7/h8-10,20-22,25-29,33H,5,11-19H2,1-4,6-7H3/b9-8+/t21-,22+,25-,26-,27+,28-,29-,31-,32+/m0/s1. The van der Waals surface area contributed by atoms with Crippen molar-refractivity contribution < 1.29 is 14.6 Å². The van der Waals surface area contributed by atoms with E-state index in [1.54, 1.807) is 0 Å². The van der Waals surface area contributed by atoms with Crippen molar-refractivity contribution in [2.75, 3.05) is 6.61 Å². The van der Waals surface area contributed by atoms with Crippen LogP contribution in [0, 0.1) is 52.3 Å². The molecule has 196 valence electrons. The lowest BCUT2D eigenvalue weighted by molar-refractivity contribution is -0.147. The highest BCUT2D eigenvalue weighted by Crippen LogP contribution is 2.67. The molecule has 0 aromatic carbocycles. The molecule has 0 radical (unpaired) electrons. The number of carbonyl (C=O) groups excluding carboxylic acids is 1. The Bertz CT molecular complexity index is 868. The van der Waals surface area contributed by atoms with Crippen molar-refractivity contribution >= 4 is 5.97 Å². The van der Waals surface area contributed by atoms with E-state index in [0.29, 0.717) is 23.2 Å². The van der Waals surface area contributed by atoms with E-state index in [1.165, 1.54) is 37.7 Å². The van der Waals surface area contributed by atoms with Crippen molar-refractivity contribution in [3.05, 3.63) is 36.0 Å². The molecule has 3 saturated carbocycles. The van der Waals surface area contributed by atoms with Crippen molar-refractivity contribution in [1.29, 1.82) is 0 Å². The van der Waals surface area contributed by atoms with Gasteiger partial charge >= 0.3 is 5.97 Å². The molecular formula is C32H50O3. The first-order valence-electron chi connectivity index (χ1n) is 14.4. The number of aliphatic hydroxyl groups is 1. The summed E-state index contributed by atoms with van der Waals surface area (Å²) in [7, 11) is 0. The van der Waals surface area contributed by atoms with Gasteiger partial charge in [0.1, 0.15) is 6.10 Å². The molecule has 0 aromatic heterocycles. The molecule has 0 saturated heterocycles. The Morgan fingerprint density at radius 3 is 2.54 bits per heavy atom. The molecule has 4 aliphatic carbocycles. The van der Waals surface area contributed by atoms with Gasteiger partial charge in [0.05, 0.1) is 12.2 Å². The average Bonchev–Trinajstić information content (AvgIpc) is 3.19. The number of rotatable bonds is 7. The molecule has 0 spiro atoms. The highest BCUT2D eigenvalue weighted by Gasteiger charge is 2.59. The lowest BCUT2D eigenvalue weighted by atomic mass is 9.47. The van der Waals surface area contributed by atoms with Crippen molar-refractivity contribution in [2.24, 2.45) is 52.3 Å². The van der Waals surface area contributed by atoms with E-state index in [4.69, 9.17) is 4.74 Å². The number of ether oxygens (including phenoxy) is 1. The minimum Gasteiger partial charge on any atom is -0.459 e. The Kier molecular flexibility index (Phi) is 7.78. The fourth-order valence-corrected chi connectivity index (χ4v) is 8.64. The summed E-state index contributed by atoms with van der Waals surface area (Å²) in [6.45, 7) is 17.9. The first kappa shape index (κ1) is 26.7. The molecular weight excluding hydrogens is 432 g/mol. The normalized spacial score (nSPS) is 40.5. The Hall–Kier alpha value is -1.35. The summed E-state index contributed by atoms with van der Waals surface area (Å²) in [5, 5.41) is 9.20. The zero-order valence-electron chi connectivity index (χ0n) is 23.2.